The highest BCUT2D eigenvalue weighted by Gasteiger charge is 2.05. The molecule has 0 unspecified atom stereocenters. The van der Waals surface area contributed by atoms with Gasteiger partial charge in [0.1, 0.15) is 12.4 Å². The van der Waals surface area contributed by atoms with Crippen LogP contribution in [0.15, 0.2) is 83.9 Å². The summed E-state index contributed by atoms with van der Waals surface area (Å²) in [5.41, 5.74) is 4.54. The molecule has 0 saturated heterocycles. The Morgan fingerprint density at radius 3 is 2.66 bits per heavy atom. The van der Waals surface area contributed by atoms with Crippen LogP contribution in [0.2, 0.25) is 0 Å². The molecule has 29 heavy (non-hydrogen) atoms. The van der Waals surface area contributed by atoms with Crippen molar-refractivity contribution in [1.82, 2.24) is 14.5 Å². The Morgan fingerprint density at radius 1 is 1.07 bits per heavy atom. The number of ether oxygens (including phenoxy) is 1. The molecule has 2 heterocycles. The molecule has 2 N–H and O–H groups in total. The quantitative estimate of drug-likeness (QED) is 0.502. The van der Waals surface area contributed by atoms with Gasteiger partial charge in [0.15, 0.2) is 0 Å². The number of nitrogens with one attached hydrogen (secondary N) is 2. The monoisotopic (exact) mass is 386 g/mol. The van der Waals surface area contributed by atoms with Gasteiger partial charge in [0.25, 0.3) is 0 Å². The molecule has 4 rings (SSSR count). The fourth-order valence-corrected chi connectivity index (χ4v) is 3.08. The highest BCUT2D eigenvalue weighted by atomic mass is 16.5. The van der Waals surface area contributed by atoms with E-state index in [0.717, 1.165) is 34.1 Å². The second kappa shape index (κ2) is 8.48. The minimum atomic E-state index is -0.138. The number of aryl methyl sites for hydroxylation is 1. The highest BCUT2D eigenvalue weighted by molar-refractivity contribution is 5.52. The fraction of sp³-hybridized carbons (Fsp3) is 0.130. The van der Waals surface area contributed by atoms with Gasteiger partial charge < -0.3 is 15.0 Å². The summed E-state index contributed by atoms with van der Waals surface area (Å²) in [6.07, 6.45) is 3.47. The third kappa shape index (κ3) is 4.55. The molecule has 0 amide bonds. The van der Waals surface area contributed by atoms with Gasteiger partial charge in [-0.25, -0.2) is 4.79 Å². The molecule has 2 aromatic heterocycles. The first kappa shape index (κ1) is 18.6. The Morgan fingerprint density at radius 2 is 1.93 bits per heavy atom. The van der Waals surface area contributed by atoms with Crippen LogP contribution in [0.25, 0.3) is 5.69 Å². The van der Waals surface area contributed by atoms with Crippen molar-refractivity contribution < 1.29 is 4.74 Å². The molecule has 0 aliphatic rings. The Hall–Kier alpha value is -3.80. The molecule has 0 radical (unpaired) electrons. The normalized spacial score (nSPS) is 10.7. The number of anilines is 1. The summed E-state index contributed by atoms with van der Waals surface area (Å²) in [5, 5.41) is 3.40. The average molecular weight is 386 g/mol. The number of hydrogen-bond acceptors (Lipinski definition) is 4. The lowest BCUT2D eigenvalue weighted by Crippen LogP contribution is -2.16. The largest absolute Gasteiger partial charge is 0.487 e. The summed E-state index contributed by atoms with van der Waals surface area (Å²) in [4.78, 5) is 18.9. The molecule has 0 aliphatic heterocycles. The molecule has 146 valence electrons. The molecule has 2 aromatic carbocycles. The average Bonchev–Trinajstić information content (AvgIpc) is 3.10. The van der Waals surface area contributed by atoms with Crippen LogP contribution in [0.1, 0.15) is 17.0 Å². The van der Waals surface area contributed by atoms with Crippen molar-refractivity contribution >= 4 is 5.69 Å². The van der Waals surface area contributed by atoms with Crippen LogP contribution in [0.4, 0.5) is 5.69 Å². The SMILES string of the molecule is Cc1c[nH]c(=O)n1-c1cccc(NCc2ccc(OCc3ccccn3)cc2)c1. The van der Waals surface area contributed by atoms with E-state index < -0.39 is 0 Å². The lowest BCUT2D eigenvalue weighted by atomic mass is 10.2. The maximum Gasteiger partial charge on any atom is 0.330 e. The molecule has 0 spiro atoms. The van der Waals surface area contributed by atoms with Gasteiger partial charge in [-0.3, -0.25) is 9.55 Å². The van der Waals surface area contributed by atoms with Crippen LogP contribution < -0.4 is 15.7 Å². The molecule has 0 saturated carbocycles. The first-order valence-corrected chi connectivity index (χ1v) is 9.42. The van der Waals surface area contributed by atoms with Crippen molar-refractivity contribution in [2.24, 2.45) is 0 Å². The third-order valence-corrected chi connectivity index (χ3v) is 4.60. The minimum absolute atomic E-state index is 0.138. The number of hydrogen-bond donors (Lipinski definition) is 2. The summed E-state index contributed by atoms with van der Waals surface area (Å²) in [6.45, 7) is 3.02. The third-order valence-electron chi connectivity index (χ3n) is 4.60. The van der Waals surface area contributed by atoms with E-state index in [0.29, 0.717) is 13.2 Å². The summed E-state index contributed by atoms with van der Waals surface area (Å²) in [7, 11) is 0. The van der Waals surface area contributed by atoms with Crippen LogP contribution in [0, 0.1) is 6.92 Å². The van der Waals surface area contributed by atoms with Crippen LogP contribution in [0.3, 0.4) is 0 Å². The zero-order valence-corrected chi connectivity index (χ0v) is 16.1. The maximum absolute atomic E-state index is 12.0. The van der Waals surface area contributed by atoms with Gasteiger partial charge in [-0.1, -0.05) is 24.3 Å². The first-order valence-electron chi connectivity index (χ1n) is 9.42. The maximum atomic E-state index is 12.0. The van der Waals surface area contributed by atoms with E-state index in [1.165, 1.54) is 0 Å². The van der Waals surface area contributed by atoms with E-state index in [1.807, 2.05) is 73.7 Å². The summed E-state index contributed by atoms with van der Waals surface area (Å²) in [6, 6.07) is 21.6. The predicted octanol–water partition coefficient (Wildman–Crippen LogP) is 4.06. The number of aromatic nitrogens is 3. The van der Waals surface area contributed by atoms with Gasteiger partial charge in [-0.05, 0) is 55.0 Å². The standard InChI is InChI=1S/C23H22N4O2/c1-17-14-26-23(28)27(17)21-7-4-6-19(13-21)25-15-18-8-10-22(11-9-18)29-16-20-5-2-3-12-24-20/h2-14,25H,15-16H2,1H3,(H,26,28). The lowest BCUT2D eigenvalue weighted by Gasteiger charge is -2.11. The number of H-pyrrole nitrogens is 1. The van der Waals surface area contributed by atoms with Crippen LogP contribution >= 0.6 is 0 Å². The van der Waals surface area contributed by atoms with Gasteiger partial charge in [0.2, 0.25) is 0 Å². The van der Waals surface area contributed by atoms with Crippen molar-refractivity contribution in [2.75, 3.05) is 5.32 Å². The number of aromatic amines is 1. The van der Waals surface area contributed by atoms with Crippen LogP contribution in [-0.2, 0) is 13.2 Å². The highest BCUT2D eigenvalue weighted by Crippen LogP contribution is 2.18. The van der Waals surface area contributed by atoms with Gasteiger partial charge in [-0.15, -0.1) is 0 Å². The van der Waals surface area contributed by atoms with Crippen molar-refractivity contribution in [1.29, 1.82) is 0 Å². The van der Waals surface area contributed by atoms with Crippen molar-refractivity contribution in [3.05, 3.63) is 107 Å². The lowest BCUT2D eigenvalue weighted by molar-refractivity contribution is 0.301. The number of pyridine rings is 1. The van der Waals surface area contributed by atoms with E-state index >= 15 is 0 Å². The molecule has 0 bridgehead atoms. The second-order valence-electron chi connectivity index (χ2n) is 6.73. The van der Waals surface area contributed by atoms with Crippen LogP contribution in [-0.4, -0.2) is 14.5 Å². The first-order chi connectivity index (χ1) is 14.2. The Kier molecular flexibility index (Phi) is 5.42. The van der Waals surface area contributed by atoms with Crippen molar-refractivity contribution in [3.8, 4) is 11.4 Å². The predicted molar refractivity (Wildman–Crippen MR) is 113 cm³/mol. The molecule has 6 heteroatoms. The van der Waals surface area contributed by atoms with E-state index in [9.17, 15) is 4.79 Å². The van der Waals surface area contributed by atoms with Gasteiger partial charge in [0.05, 0.1) is 11.4 Å². The second-order valence-corrected chi connectivity index (χ2v) is 6.73. The molecule has 0 aliphatic carbocycles. The van der Waals surface area contributed by atoms with Crippen molar-refractivity contribution in [2.45, 2.75) is 20.1 Å². The molecule has 0 fully saturated rings. The summed E-state index contributed by atoms with van der Waals surface area (Å²) in [5.74, 6) is 0.809. The van der Waals surface area contributed by atoms with Gasteiger partial charge in [0, 0.05) is 30.3 Å². The minimum Gasteiger partial charge on any atom is -0.487 e. The smallest absolute Gasteiger partial charge is 0.330 e. The number of rotatable bonds is 7. The zero-order chi connectivity index (χ0) is 20.1. The van der Waals surface area contributed by atoms with E-state index in [-0.39, 0.29) is 5.69 Å². The van der Waals surface area contributed by atoms with Crippen molar-refractivity contribution in [3.63, 3.8) is 0 Å². The van der Waals surface area contributed by atoms with Gasteiger partial charge >= 0.3 is 5.69 Å². The molecular weight excluding hydrogens is 364 g/mol. The van der Waals surface area contributed by atoms with E-state index in [2.05, 4.69) is 15.3 Å². The van der Waals surface area contributed by atoms with E-state index in [1.54, 1.807) is 17.0 Å². The number of benzene rings is 2. The molecule has 0 atom stereocenters. The number of imidazole rings is 1. The topological polar surface area (TPSA) is 71.9 Å². The Bertz CT molecular complexity index is 1130. The molecule has 6 nitrogen and oxygen atoms in total. The van der Waals surface area contributed by atoms with Crippen LogP contribution in [0.5, 0.6) is 5.75 Å². The number of nitrogens with zero attached hydrogens (tertiary/aromatic N) is 2. The zero-order valence-electron chi connectivity index (χ0n) is 16.1. The summed E-state index contributed by atoms with van der Waals surface area (Å²) >= 11 is 0. The summed E-state index contributed by atoms with van der Waals surface area (Å²) < 4.78 is 7.42. The van der Waals surface area contributed by atoms with Gasteiger partial charge in [-0.2, -0.15) is 0 Å². The molecular formula is C23H22N4O2. The Balaban J connectivity index is 1.37. The van der Waals surface area contributed by atoms with E-state index in [4.69, 9.17) is 4.74 Å². The Labute approximate surface area is 168 Å². The fourth-order valence-electron chi connectivity index (χ4n) is 3.08. The molecule has 4 aromatic rings.